The first-order valence-corrected chi connectivity index (χ1v) is 7.20. The van der Waals surface area contributed by atoms with Crippen molar-refractivity contribution in [2.45, 2.75) is 13.8 Å². The highest BCUT2D eigenvalue weighted by Gasteiger charge is 2.10. The molecular weight excluding hydrogens is 276 g/mol. The largest absolute Gasteiger partial charge is 0.372 e. The van der Waals surface area contributed by atoms with Crippen LogP contribution in [0.4, 0.5) is 11.4 Å². The van der Waals surface area contributed by atoms with Crippen LogP contribution in [-0.2, 0) is 0 Å². The van der Waals surface area contributed by atoms with Crippen molar-refractivity contribution in [1.29, 1.82) is 5.26 Å². The maximum absolute atomic E-state index is 12.3. The number of nitrogens with one attached hydrogen (secondary N) is 1. The number of amides is 1. The fraction of sp³-hybridized carbons (Fsp3) is 0.235. The van der Waals surface area contributed by atoms with E-state index < -0.39 is 0 Å². The molecule has 112 valence electrons. The number of carbonyl (C=O) groups excluding carboxylic acids is 1. The summed E-state index contributed by atoms with van der Waals surface area (Å²) in [6.45, 7) is 5.88. The number of carbonyl (C=O) groups is 1. The topological polar surface area (TPSA) is 69.0 Å². The molecular formula is C17H18N4O. The SMILES string of the molecule is CCN(CC)c1ccnc(C(=O)Nc2ccc(C#N)cc2)c1. The number of anilines is 2. The monoisotopic (exact) mass is 294 g/mol. The van der Waals surface area contributed by atoms with Gasteiger partial charge in [0.2, 0.25) is 0 Å². The Morgan fingerprint density at radius 3 is 2.50 bits per heavy atom. The van der Waals surface area contributed by atoms with Crippen molar-refractivity contribution >= 4 is 17.3 Å². The number of hydrogen-bond donors (Lipinski definition) is 1. The smallest absolute Gasteiger partial charge is 0.274 e. The summed E-state index contributed by atoms with van der Waals surface area (Å²) < 4.78 is 0. The molecule has 0 saturated carbocycles. The summed E-state index contributed by atoms with van der Waals surface area (Å²) in [4.78, 5) is 18.5. The number of rotatable bonds is 5. The van der Waals surface area contributed by atoms with Crippen LogP contribution < -0.4 is 10.2 Å². The third kappa shape index (κ3) is 3.61. The second-order valence-electron chi connectivity index (χ2n) is 4.71. The van der Waals surface area contributed by atoms with Gasteiger partial charge in [-0.05, 0) is 50.2 Å². The van der Waals surface area contributed by atoms with Crippen molar-refractivity contribution in [3.05, 3.63) is 53.9 Å². The van der Waals surface area contributed by atoms with E-state index in [-0.39, 0.29) is 5.91 Å². The molecule has 0 aliphatic heterocycles. The van der Waals surface area contributed by atoms with Crippen LogP contribution in [0.5, 0.6) is 0 Å². The molecule has 0 saturated heterocycles. The highest BCUT2D eigenvalue weighted by molar-refractivity contribution is 6.03. The van der Waals surface area contributed by atoms with E-state index in [1.807, 2.05) is 12.1 Å². The van der Waals surface area contributed by atoms with Crippen LogP contribution in [0.25, 0.3) is 0 Å². The Kier molecular flexibility index (Phi) is 5.10. The normalized spacial score (nSPS) is 9.86. The number of benzene rings is 1. The van der Waals surface area contributed by atoms with Gasteiger partial charge in [-0.1, -0.05) is 0 Å². The van der Waals surface area contributed by atoms with Crippen LogP contribution in [0.2, 0.25) is 0 Å². The molecule has 5 nitrogen and oxygen atoms in total. The Morgan fingerprint density at radius 2 is 1.91 bits per heavy atom. The van der Waals surface area contributed by atoms with Crippen LogP contribution in [0.3, 0.4) is 0 Å². The standard InChI is InChI=1S/C17H18N4O/c1-3-21(4-2)15-9-10-19-16(11-15)17(22)20-14-7-5-13(12-18)6-8-14/h5-11H,3-4H2,1-2H3,(H,20,22). The summed E-state index contributed by atoms with van der Waals surface area (Å²) in [5.41, 5.74) is 2.54. The van der Waals surface area contributed by atoms with E-state index in [0.29, 0.717) is 16.9 Å². The lowest BCUT2D eigenvalue weighted by Gasteiger charge is -2.21. The molecule has 0 aliphatic rings. The zero-order valence-electron chi connectivity index (χ0n) is 12.7. The van der Waals surface area contributed by atoms with E-state index in [2.05, 4.69) is 29.0 Å². The molecule has 0 atom stereocenters. The molecule has 1 aromatic carbocycles. The molecule has 1 amide bonds. The van der Waals surface area contributed by atoms with Gasteiger partial charge in [0.1, 0.15) is 5.69 Å². The summed E-state index contributed by atoms with van der Waals surface area (Å²) in [5, 5.41) is 11.5. The van der Waals surface area contributed by atoms with E-state index in [0.717, 1.165) is 18.8 Å². The average molecular weight is 294 g/mol. The quantitative estimate of drug-likeness (QED) is 0.920. The van der Waals surface area contributed by atoms with Crippen molar-refractivity contribution in [3.63, 3.8) is 0 Å². The third-order valence-electron chi connectivity index (χ3n) is 3.38. The maximum atomic E-state index is 12.3. The van der Waals surface area contributed by atoms with E-state index in [9.17, 15) is 4.79 Å². The predicted molar refractivity (Wildman–Crippen MR) is 86.9 cm³/mol. The summed E-state index contributed by atoms with van der Waals surface area (Å²) in [6.07, 6.45) is 1.64. The Hall–Kier alpha value is -2.87. The van der Waals surface area contributed by atoms with Crippen molar-refractivity contribution in [2.24, 2.45) is 0 Å². The lowest BCUT2D eigenvalue weighted by molar-refractivity contribution is 0.102. The first kappa shape index (κ1) is 15.5. The van der Waals surface area contributed by atoms with Crippen molar-refractivity contribution in [3.8, 4) is 6.07 Å². The fourth-order valence-corrected chi connectivity index (χ4v) is 2.15. The summed E-state index contributed by atoms with van der Waals surface area (Å²) in [7, 11) is 0. The molecule has 1 N–H and O–H groups in total. The Bertz CT molecular complexity index is 685. The van der Waals surface area contributed by atoms with Gasteiger partial charge in [-0.25, -0.2) is 0 Å². The molecule has 0 aliphatic carbocycles. The number of aromatic nitrogens is 1. The van der Waals surface area contributed by atoms with Crippen molar-refractivity contribution < 1.29 is 4.79 Å². The van der Waals surface area contributed by atoms with Crippen molar-refractivity contribution in [2.75, 3.05) is 23.3 Å². The van der Waals surface area contributed by atoms with Gasteiger partial charge in [-0.3, -0.25) is 9.78 Å². The number of nitrogens with zero attached hydrogens (tertiary/aromatic N) is 3. The Morgan fingerprint density at radius 1 is 1.23 bits per heavy atom. The Labute approximate surface area is 130 Å². The minimum atomic E-state index is -0.265. The first-order valence-electron chi connectivity index (χ1n) is 7.20. The van der Waals surface area contributed by atoms with E-state index in [4.69, 9.17) is 5.26 Å². The zero-order chi connectivity index (χ0) is 15.9. The number of nitriles is 1. The molecule has 0 spiro atoms. The number of pyridine rings is 1. The third-order valence-corrected chi connectivity index (χ3v) is 3.38. The Balaban J connectivity index is 2.15. The van der Waals surface area contributed by atoms with Crippen LogP contribution in [0.1, 0.15) is 29.9 Å². The first-order chi connectivity index (χ1) is 10.7. The van der Waals surface area contributed by atoms with E-state index >= 15 is 0 Å². The fourth-order valence-electron chi connectivity index (χ4n) is 2.15. The average Bonchev–Trinajstić information content (AvgIpc) is 2.57. The van der Waals surface area contributed by atoms with Crippen LogP contribution in [0.15, 0.2) is 42.6 Å². The summed E-state index contributed by atoms with van der Waals surface area (Å²) in [5.74, 6) is -0.265. The molecule has 2 aromatic rings. The van der Waals surface area contributed by atoms with Gasteiger partial charge in [0.15, 0.2) is 0 Å². The van der Waals surface area contributed by atoms with Gasteiger partial charge >= 0.3 is 0 Å². The number of hydrogen-bond acceptors (Lipinski definition) is 4. The van der Waals surface area contributed by atoms with Gasteiger partial charge in [-0.15, -0.1) is 0 Å². The summed E-state index contributed by atoms with van der Waals surface area (Å²) in [6, 6.07) is 12.4. The van der Waals surface area contributed by atoms with Crippen molar-refractivity contribution in [1.82, 2.24) is 4.98 Å². The molecule has 0 unspecified atom stereocenters. The molecule has 1 aromatic heterocycles. The van der Waals surface area contributed by atoms with Gasteiger partial charge < -0.3 is 10.2 Å². The van der Waals surface area contributed by atoms with Gasteiger partial charge in [0.05, 0.1) is 11.6 Å². The second-order valence-corrected chi connectivity index (χ2v) is 4.71. The molecule has 22 heavy (non-hydrogen) atoms. The second kappa shape index (κ2) is 7.23. The minimum absolute atomic E-state index is 0.265. The maximum Gasteiger partial charge on any atom is 0.274 e. The van der Waals surface area contributed by atoms with E-state index in [1.54, 1.807) is 36.5 Å². The van der Waals surface area contributed by atoms with Crippen LogP contribution >= 0.6 is 0 Å². The lowest BCUT2D eigenvalue weighted by Crippen LogP contribution is -2.22. The van der Waals surface area contributed by atoms with Crippen LogP contribution in [0, 0.1) is 11.3 Å². The van der Waals surface area contributed by atoms with Crippen LogP contribution in [-0.4, -0.2) is 24.0 Å². The van der Waals surface area contributed by atoms with Gasteiger partial charge in [0.25, 0.3) is 5.91 Å². The molecule has 5 heteroatoms. The molecule has 0 bridgehead atoms. The summed E-state index contributed by atoms with van der Waals surface area (Å²) >= 11 is 0. The van der Waals surface area contributed by atoms with E-state index in [1.165, 1.54) is 0 Å². The predicted octanol–water partition coefficient (Wildman–Crippen LogP) is 3.05. The highest BCUT2D eigenvalue weighted by Crippen LogP contribution is 2.16. The molecule has 1 heterocycles. The van der Waals surface area contributed by atoms with Gasteiger partial charge in [-0.2, -0.15) is 5.26 Å². The lowest BCUT2D eigenvalue weighted by atomic mass is 10.2. The highest BCUT2D eigenvalue weighted by atomic mass is 16.1. The molecule has 2 rings (SSSR count). The molecule has 0 fully saturated rings. The molecule has 0 radical (unpaired) electrons. The van der Waals surface area contributed by atoms with Gasteiger partial charge in [0, 0.05) is 30.7 Å². The zero-order valence-corrected chi connectivity index (χ0v) is 12.7. The minimum Gasteiger partial charge on any atom is -0.372 e.